The third-order valence-electron chi connectivity index (χ3n) is 11.6. The fourth-order valence-corrected chi connectivity index (χ4v) is 9.82. The molecule has 5 fully saturated rings. The van der Waals surface area contributed by atoms with Crippen molar-refractivity contribution < 1.29 is 14.9 Å². The van der Waals surface area contributed by atoms with E-state index in [1.165, 1.54) is 57.8 Å². The van der Waals surface area contributed by atoms with Crippen LogP contribution < -0.4 is 0 Å². The molecule has 4 aliphatic carbocycles. The van der Waals surface area contributed by atoms with Crippen molar-refractivity contribution in [3.05, 3.63) is 0 Å². The summed E-state index contributed by atoms with van der Waals surface area (Å²) in [6.45, 7) is 9.74. The molecule has 0 amide bonds. The molecule has 5 aliphatic rings. The van der Waals surface area contributed by atoms with E-state index in [9.17, 15) is 10.2 Å². The van der Waals surface area contributed by atoms with Crippen LogP contribution in [0.25, 0.3) is 0 Å². The lowest BCUT2D eigenvalue weighted by molar-refractivity contribution is -0.222. The molecule has 30 heavy (non-hydrogen) atoms. The first-order chi connectivity index (χ1) is 14.2. The van der Waals surface area contributed by atoms with Crippen molar-refractivity contribution in [1.82, 2.24) is 0 Å². The summed E-state index contributed by atoms with van der Waals surface area (Å²) in [6, 6.07) is 0. The van der Waals surface area contributed by atoms with Gasteiger partial charge in [-0.05, 0) is 97.7 Å². The number of ether oxygens (including phenoxy) is 1. The first-order valence-electron chi connectivity index (χ1n) is 13.2. The van der Waals surface area contributed by atoms with Gasteiger partial charge in [0.2, 0.25) is 0 Å². The molecule has 0 aromatic rings. The van der Waals surface area contributed by atoms with Gasteiger partial charge in [-0.3, -0.25) is 0 Å². The zero-order valence-corrected chi connectivity index (χ0v) is 19.9. The Morgan fingerprint density at radius 2 is 1.80 bits per heavy atom. The van der Waals surface area contributed by atoms with E-state index >= 15 is 0 Å². The zero-order chi connectivity index (χ0) is 21.3. The molecule has 1 saturated heterocycles. The maximum absolute atomic E-state index is 11.4. The maximum Gasteiger partial charge on any atom is 0.168 e. The van der Waals surface area contributed by atoms with E-state index in [-0.39, 0.29) is 24.5 Å². The Bertz CT molecular complexity index is 650. The number of rotatable bonds is 4. The van der Waals surface area contributed by atoms with Crippen LogP contribution in [-0.2, 0) is 4.74 Å². The molecule has 2 N–H and O–H groups in total. The number of aliphatic hydroxyl groups excluding tert-OH is 1. The van der Waals surface area contributed by atoms with E-state index < -0.39 is 5.79 Å². The van der Waals surface area contributed by atoms with E-state index in [2.05, 4.69) is 27.7 Å². The number of hydrogen-bond acceptors (Lipinski definition) is 3. The number of aliphatic hydroxyl groups is 2. The van der Waals surface area contributed by atoms with Gasteiger partial charge >= 0.3 is 0 Å². The standard InChI is InChI=1S/C27H46O3/c1-17(16-28)10-14-27(29)18(2)24-23(30-27)15-22-20-9-8-19-7-5-6-12-25(19,3)21(20)11-13-26(22,24)4/h17-24,28-29H,5-16H2,1-4H3/t17?,18-,19?,20+,21-,22-,23-,24-,25-,26-,27?/m0/s1. The van der Waals surface area contributed by atoms with Gasteiger partial charge in [0.25, 0.3) is 0 Å². The lowest BCUT2D eigenvalue weighted by atomic mass is 9.44. The zero-order valence-electron chi connectivity index (χ0n) is 19.9. The van der Waals surface area contributed by atoms with Gasteiger partial charge in [0.05, 0.1) is 6.10 Å². The molecule has 0 aromatic heterocycles. The Kier molecular flexibility index (Phi) is 5.39. The smallest absolute Gasteiger partial charge is 0.168 e. The molecule has 0 spiro atoms. The maximum atomic E-state index is 11.4. The minimum atomic E-state index is -0.989. The van der Waals surface area contributed by atoms with Crippen LogP contribution >= 0.6 is 0 Å². The quantitative estimate of drug-likeness (QED) is 0.608. The Morgan fingerprint density at radius 1 is 1.00 bits per heavy atom. The highest BCUT2D eigenvalue weighted by molar-refractivity contribution is 5.14. The molecule has 0 aromatic carbocycles. The van der Waals surface area contributed by atoms with Crippen molar-refractivity contribution in [3.8, 4) is 0 Å². The molecule has 3 heteroatoms. The van der Waals surface area contributed by atoms with Crippen LogP contribution in [-0.4, -0.2) is 28.7 Å². The minimum Gasteiger partial charge on any atom is -0.396 e. The molecule has 3 nitrogen and oxygen atoms in total. The van der Waals surface area contributed by atoms with Crippen molar-refractivity contribution in [2.45, 2.75) is 110 Å². The Labute approximate surface area is 184 Å². The van der Waals surface area contributed by atoms with Gasteiger partial charge in [-0.1, -0.05) is 40.5 Å². The normalized spacial score (nSPS) is 56.0. The van der Waals surface area contributed by atoms with Gasteiger partial charge in [0, 0.05) is 18.9 Å². The molecule has 4 saturated carbocycles. The summed E-state index contributed by atoms with van der Waals surface area (Å²) in [5.41, 5.74) is 0.921. The van der Waals surface area contributed by atoms with Gasteiger partial charge in [-0.15, -0.1) is 0 Å². The molecule has 0 radical (unpaired) electrons. The highest BCUT2D eigenvalue weighted by atomic mass is 16.6. The largest absolute Gasteiger partial charge is 0.396 e. The summed E-state index contributed by atoms with van der Waals surface area (Å²) < 4.78 is 6.52. The molecule has 11 atom stereocenters. The average Bonchev–Trinajstić information content (AvgIpc) is 3.16. The van der Waals surface area contributed by atoms with Gasteiger partial charge < -0.3 is 14.9 Å². The van der Waals surface area contributed by atoms with Crippen LogP contribution in [0.3, 0.4) is 0 Å². The topological polar surface area (TPSA) is 49.7 Å². The Hall–Kier alpha value is -0.120. The third kappa shape index (κ3) is 3.00. The van der Waals surface area contributed by atoms with Crippen molar-refractivity contribution in [2.75, 3.05) is 6.61 Å². The fraction of sp³-hybridized carbons (Fsp3) is 1.00. The van der Waals surface area contributed by atoms with Gasteiger partial charge in [-0.2, -0.15) is 0 Å². The van der Waals surface area contributed by atoms with Crippen molar-refractivity contribution in [3.63, 3.8) is 0 Å². The van der Waals surface area contributed by atoms with Crippen LogP contribution in [0.5, 0.6) is 0 Å². The fourth-order valence-electron chi connectivity index (χ4n) is 9.82. The Morgan fingerprint density at radius 3 is 2.57 bits per heavy atom. The predicted octanol–water partition coefficient (Wildman–Crippen LogP) is 5.78. The highest BCUT2D eigenvalue weighted by Crippen LogP contribution is 2.70. The molecule has 172 valence electrons. The second kappa shape index (κ2) is 7.45. The predicted molar refractivity (Wildman–Crippen MR) is 120 cm³/mol. The number of fused-ring (bicyclic) bond motifs is 7. The van der Waals surface area contributed by atoms with E-state index in [1.807, 2.05) is 0 Å². The molecule has 1 aliphatic heterocycles. The average molecular weight is 419 g/mol. The van der Waals surface area contributed by atoms with Crippen LogP contribution in [0.4, 0.5) is 0 Å². The highest BCUT2D eigenvalue weighted by Gasteiger charge is 2.68. The van der Waals surface area contributed by atoms with Gasteiger partial charge in [0.1, 0.15) is 0 Å². The summed E-state index contributed by atoms with van der Waals surface area (Å²) in [4.78, 5) is 0. The number of hydrogen-bond donors (Lipinski definition) is 2. The lowest BCUT2D eigenvalue weighted by Crippen LogP contribution is -2.53. The molecular formula is C27H46O3. The van der Waals surface area contributed by atoms with Crippen LogP contribution in [0.15, 0.2) is 0 Å². The first-order valence-corrected chi connectivity index (χ1v) is 13.2. The summed E-state index contributed by atoms with van der Waals surface area (Å²) in [6.07, 6.45) is 14.4. The molecule has 3 unspecified atom stereocenters. The summed E-state index contributed by atoms with van der Waals surface area (Å²) in [5, 5.41) is 20.8. The molecule has 5 rings (SSSR count). The van der Waals surface area contributed by atoms with Gasteiger partial charge in [-0.25, -0.2) is 0 Å². The second-order valence-electron chi connectivity index (χ2n) is 12.8. The SMILES string of the molecule is CC(CO)CCC1(O)O[C@H]2C[C@H]3[C@@H]4CCC5CCCC[C@]5(C)[C@H]4CC[C@]3(C)[C@H]2[C@@H]1C. The van der Waals surface area contributed by atoms with E-state index in [4.69, 9.17) is 4.74 Å². The summed E-state index contributed by atoms with van der Waals surface area (Å²) in [5.74, 6) is 3.50. The summed E-state index contributed by atoms with van der Waals surface area (Å²) >= 11 is 0. The molecule has 0 bridgehead atoms. The first kappa shape index (κ1) is 21.7. The van der Waals surface area contributed by atoms with E-state index in [0.717, 1.165) is 30.1 Å². The third-order valence-corrected chi connectivity index (χ3v) is 11.6. The minimum absolute atomic E-state index is 0.194. The van der Waals surface area contributed by atoms with E-state index in [1.54, 1.807) is 0 Å². The second-order valence-corrected chi connectivity index (χ2v) is 12.8. The lowest BCUT2D eigenvalue weighted by Gasteiger charge is -2.60. The molecular weight excluding hydrogens is 372 g/mol. The van der Waals surface area contributed by atoms with Crippen molar-refractivity contribution >= 4 is 0 Å². The summed E-state index contributed by atoms with van der Waals surface area (Å²) in [7, 11) is 0. The van der Waals surface area contributed by atoms with Crippen molar-refractivity contribution in [2.24, 2.45) is 52.3 Å². The van der Waals surface area contributed by atoms with Crippen molar-refractivity contribution in [1.29, 1.82) is 0 Å². The van der Waals surface area contributed by atoms with Crippen LogP contribution in [0.1, 0.15) is 98.3 Å². The van der Waals surface area contributed by atoms with Crippen LogP contribution in [0.2, 0.25) is 0 Å². The van der Waals surface area contributed by atoms with Gasteiger partial charge in [0.15, 0.2) is 5.79 Å². The van der Waals surface area contributed by atoms with Crippen LogP contribution in [0, 0.1) is 52.3 Å². The van der Waals surface area contributed by atoms with E-state index in [0.29, 0.717) is 23.2 Å². The molecule has 1 heterocycles. The monoisotopic (exact) mass is 418 g/mol. The Balaban J connectivity index is 1.36.